The predicted octanol–water partition coefficient (Wildman–Crippen LogP) is 7.61. The van der Waals surface area contributed by atoms with Gasteiger partial charge in [-0.05, 0) is 72.5 Å². The van der Waals surface area contributed by atoms with Gasteiger partial charge < -0.3 is 19.9 Å². The minimum Gasteiger partial charge on any atom is -0.496 e. The molecule has 0 aliphatic heterocycles. The second kappa shape index (κ2) is 17.4. The molecule has 0 radical (unpaired) electrons. The Morgan fingerprint density at radius 2 is 1.95 bits per heavy atom. The first-order valence-electron chi connectivity index (χ1n) is 12.4. The number of nitrogens with zero attached hydrogens (tertiary/aromatic N) is 1. The molecule has 38 heavy (non-hydrogen) atoms. The van der Waals surface area contributed by atoms with Crippen LogP contribution in [0.1, 0.15) is 37.0 Å². The molecule has 0 aliphatic carbocycles. The van der Waals surface area contributed by atoms with Crippen molar-refractivity contribution in [2.75, 3.05) is 34.0 Å². The van der Waals surface area contributed by atoms with Crippen LogP contribution < -0.4 is 10.1 Å². The third kappa shape index (κ3) is 10.3. The molecule has 0 unspecified atom stereocenters. The predicted molar refractivity (Wildman–Crippen MR) is 163 cm³/mol. The van der Waals surface area contributed by atoms with Crippen molar-refractivity contribution in [3.05, 3.63) is 105 Å². The van der Waals surface area contributed by atoms with E-state index in [9.17, 15) is 0 Å². The van der Waals surface area contributed by atoms with E-state index in [0.29, 0.717) is 29.0 Å². The SMILES string of the molecule is CC/C(=C\C=C/COCCO)C(C)=Cc1ccc(OC)c(/C=C/C=N/C(=C\NC)c2ccc(Cl)cc2Cl)c1. The van der Waals surface area contributed by atoms with Gasteiger partial charge in [0, 0.05) is 35.6 Å². The molecule has 2 rings (SSSR count). The summed E-state index contributed by atoms with van der Waals surface area (Å²) in [6.45, 7) is 5.10. The molecule has 2 aromatic rings. The second-order valence-electron chi connectivity index (χ2n) is 8.18. The van der Waals surface area contributed by atoms with E-state index in [1.807, 2.05) is 49.6 Å². The van der Waals surface area contributed by atoms with Gasteiger partial charge in [0.2, 0.25) is 0 Å². The van der Waals surface area contributed by atoms with Crippen molar-refractivity contribution < 1.29 is 14.6 Å². The maximum Gasteiger partial charge on any atom is 0.126 e. The fourth-order valence-electron chi connectivity index (χ4n) is 3.59. The Morgan fingerprint density at radius 3 is 2.63 bits per heavy atom. The molecule has 0 heterocycles. The van der Waals surface area contributed by atoms with Crippen LogP contribution in [0.2, 0.25) is 10.0 Å². The van der Waals surface area contributed by atoms with E-state index < -0.39 is 0 Å². The Balaban J connectivity index is 2.23. The van der Waals surface area contributed by atoms with E-state index in [1.54, 1.807) is 31.7 Å². The number of benzene rings is 2. The number of methoxy groups -OCH3 is 1. The highest BCUT2D eigenvalue weighted by Crippen LogP contribution is 2.28. The summed E-state index contributed by atoms with van der Waals surface area (Å²) in [5.41, 5.74) is 5.88. The van der Waals surface area contributed by atoms with Crippen molar-refractivity contribution >= 4 is 47.3 Å². The Kier molecular flexibility index (Phi) is 14.3. The number of aliphatic hydroxyl groups excluding tert-OH is 1. The van der Waals surface area contributed by atoms with Crippen molar-refractivity contribution in [1.29, 1.82) is 0 Å². The van der Waals surface area contributed by atoms with Gasteiger partial charge in [-0.25, -0.2) is 0 Å². The van der Waals surface area contributed by atoms with E-state index >= 15 is 0 Å². The molecule has 0 saturated heterocycles. The summed E-state index contributed by atoms with van der Waals surface area (Å²) in [5.74, 6) is 0.772. The van der Waals surface area contributed by atoms with Crippen LogP contribution in [0, 0.1) is 0 Å². The van der Waals surface area contributed by atoms with Gasteiger partial charge in [-0.1, -0.05) is 60.5 Å². The van der Waals surface area contributed by atoms with E-state index in [1.165, 1.54) is 11.1 Å². The number of hydrogen-bond acceptors (Lipinski definition) is 5. The summed E-state index contributed by atoms with van der Waals surface area (Å²) >= 11 is 12.4. The topological polar surface area (TPSA) is 63.1 Å². The zero-order chi connectivity index (χ0) is 27.8. The first-order chi connectivity index (χ1) is 18.4. The summed E-state index contributed by atoms with van der Waals surface area (Å²) in [4.78, 5) is 4.57. The lowest BCUT2D eigenvalue weighted by molar-refractivity contribution is 0.112. The average Bonchev–Trinajstić information content (AvgIpc) is 2.90. The number of rotatable bonds is 14. The highest BCUT2D eigenvalue weighted by atomic mass is 35.5. The standard InChI is InChI=1S/C31H36Cl2N2O3/c1-5-25(9-6-7-17-38-18-16-36)23(2)19-24-11-14-31(37-4)26(20-24)10-8-15-35-30(22-34-3)28-13-12-27(32)21-29(28)33/h6-15,19-22,34,36H,5,16-18H2,1-4H3/b7-6-,10-8+,23-19?,25-9+,30-22-,35-15+. The van der Waals surface area contributed by atoms with Crippen molar-refractivity contribution in [3.8, 4) is 5.75 Å². The van der Waals surface area contributed by atoms with E-state index in [2.05, 4.69) is 42.4 Å². The average molecular weight is 556 g/mol. The van der Waals surface area contributed by atoms with Crippen molar-refractivity contribution in [1.82, 2.24) is 5.32 Å². The van der Waals surface area contributed by atoms with E-state index in [-0.39, 0.29) is 6.61 Å². The number of aliphatic imine (C=N–C) groups is 1. The lowest BCUT2D eigenvalue weighted by atomic mass is 10.0. The summed E-state index contributed by atoms with van der Waals surface area (Å²) in [6, 6.07) is 11.4. The second-order valence-corrected chi connectivity index (χ2v) is 9.02. The highest BCUT2D eigenvalue weighted by Gasteiger charge is 2.06. The van der Waals surface area contributed by atoms with Crippen LogP contribution in [0.15, 0.2) is 83.0 Å². The quantitative estimate of drug-likeness (QED) is 0.143. The first-order valence-corrected chi connectivity index (χ1v) is 13.1. The number of aliphatic hydroxyl groups is 1. The fraction of sp³-hybridized carbons (Fsp3) is 0.258. The minimum absolute atomic E-state index is 0.0320. The maximum atomic E-state index is 8.78. The van der Waals surface area contributed by atoms with Gasteiger partial charge in [-0.3, -0.25) is 4.99 Å². The molecule has 2 N–H and O–H groups in total. The van der Waals surface area contributed by atoms with Gasteiger partial charge >= 0.3 is 0 Å². The Labute approximate surface area is 236 Å². The number of nitrogens with one attached hydrogen (secondary N) is 1. The minimum atomic E-state index is 0.0320. The maximum absolute atomic E-state index is 8.78. The summed E-state index contributed by atoms with van der Waals surface area (Å²) < 4.78 is 10.8. The van der Waals surface area contributed by atoms with Crippen LogP contribution in [-0.2, 0) is 4.74 Å². The van der Waals surface area contributed by atoms with Gasteiger partial charge in [0.15, 0.2) is 0 Å². The summed E-state index contributed by atoms with van der Waals surface area (Å²) in [5, 5.41) is 12.9. The van der Waals surface area contributed by atoms with E-state index in [0.717, 1.165) is 28.9 Å². The summed E-state index contributed by atoms with van der Waals surface area (Å²) in [7, 11) is 3.47. The molecule has 0 saturated carbocycles. The highest BCUT2D eigenvalue weighted by molar-refractivity contribution is 6.35. The van der Waals surface area contributed by atoms with Crippen LogP contribution in [-0.4, -0.2) is 45.3 Å². The Bertz CT molecular complexity index is 1230. The molecule has 0 fully saturated rings. The molecule has 0 aromatic heterocycles. The van der Waals surface area contributed by atoms with Gasteiger partial charge in [0.25, 0.3) is 0 Å². The molecule has 0 bridgehead atoms. The zero-order valence-electron chi connectivity index (χ0n) is 22.4. The van der Waals surface area contributed by atoms with Crippen LogP contribution in [0.4, 0.5) is 0 Å². The molecule has 5 nitrogen and oxygen atoms in total. The smallest absolute Gasteiger partial charge is 0.126 e. The van der Waals surface area contributed by atoms with Crippen molar-refractivity contribution in [2.45, 2.75) is 20.3 Å². The van der Waals surface area contributed by atoms with Gasteiger partial charge in [0.05, 0.1) is 37.7 Å². The summed E-state index contributed by atoms with van der Waals surface area (Å²) in [6.07, 6.45) is 16.4. The lowest BCUT2D eigenvalue weighted by Crippen LogP contribution is -1.97. The normalized spacial score (nSPS) is 13.3. The molecular weight excluding hydrogens is 519 g/mol. The van der Waals surface area contributed by atoms with Crippen LogP contribution >= 0.6 is 23.2 Å². The largest absolute Gasteiger partial charge is 0.496 e. The third-order valence-corrected chi connectivity index (χ3v) is 6.02. The van der Waals surface area contributed by atoms with Gasteiger partial charge in [-0.15, -0.1) is 0 Å². The molecule has 0 amide bonds. The Hall–Kier alpha value is -3.09. The van der Waals surface area contributed by atoms with Crippen LogP contribution in [0.5, 0.6) is 5.75 Å². The van der Waals surface area contributed by atoms with Gasteiger partial charge in [-0.2, -0.15) is 0 Å². The monoisotopic (exact) mass is 554 g/mol. The molecule has 2 aromatic carbocycles. The van der Waals surface area contributed by atoms with Crippen LogP contribution in [0.3, 0.4) is 0 Å². The number of halogens is 2. The Morgan fingerprint density at radius 1 is 1.13 bits per heavy atom. The number of allylic oxidation sites excluding steroid dienone is 5. The molecule has 0 aliphatic rings. The van der Waals surface area contributed by atoms with Crippen molar-refractivity contribution in [2.24, 2.45) is 4.99 Å². The molecular formula is C31H36Cl2N2O3. The fourth-order valence-corrected chi connectivity index (χ4v) is 4.09. The molecule has 0 spiro atoms. The molecule has 202 valence electrons. The lowest BCUT2D eigenvalue weighted by Gasteiger charge is -2.08. The van der Waals surface area contributed by atoms with Crippen LogP contribution in [0.25, 0.3) is 17.8 Å². The number of hydrogen-bond donors (Lipinski definition) is 2. The zero-order valence-corrected chi connectivity index (χ0v) is 23.9. The molecule has 0 atom stereocenters. The third-order valence-electron chi connectivity index (χ3n) is 5.47. The van der Waals surface area contributed by atoms with E-state index in [4.69, 9.17) is 37.8 Å². The first kappa shape index (κ1) is 31.1. The van der Waals surface area contributed by atoms with Crippen molar-refractivity contribution in [3.63, 3.8) is 0 Å². The van der Waals surface area contributed by atoms with Gasteiger partial charge in [0.1, 0.15) is 5.75 Å². The number of ether oxygens (including phenoxy) is 2. The molecule has 7 heteroatoms.